The van der Waals surface area contributed by atoms with Gasteiger partial charge in [-0.15, -0.1) is 11.3 Å². The monoisotopic (exact) mass is 319 g/mol. The zero-order valence-electron chi connectivity index (χ0n) is 12.8. The van der Waals surface area contributed by atoms with E-state index in [9.17, 15) is 4.79 Å². The van der Waals surface area contributed by atoms with E-state index in [0.717, 1.165) is 18.0 Å². The number of thiazole rings is 1. The lowest BCUT2D eigenvalue weighted by Crippen LogP contribution is -2.24. The highest BCUT2D eigenvalue weighted by Gasteiger charge is 2.18. The fourth-order valence-corrected chi connectivity index (χ4v) is 3.73. The van der Waals surface area contributed by atoms with Crippen molar-refractivity contribution in [3.63, 3.8) is 0 Å². The van der Waals surface area contributed by atoms with E-state index in [0.29, 0.717) is 6.54 Å². The van der Waals surface area contributed by atoms with Gasteiger partial charge in [0, 0.05) is 4.88 Å². The van der Waals surface area contributed by atoms with Gasteiger partial charge in [0.25, 0.3) is 0 Å². The number of anilines is 1. The van der Waals surface area contributed by atoms with E-state index >= 15 is 0 Å². The van der Waals surface area contributed by atoms with Crippen molar-refractivity contribution in [2.45, 2.75) is 52.0 Å². The predicted octanol–water partition coefficient (Wildman–Crippen LogP) is 2.67. The van der Waals surface area contributed by atoms with Crippen molar-refractivity contribution in [3.8, 4) is 0 Å². The minimum Gasteiger partial charge on any atom is -0.302 e. The van der Waals surface area contributed by atoms with Crippen molar-refractivity contribution in [2.24, 2.45) is 5.92 Å². The van der Waals surface area contributed by atoms with Crippen LogP contribution in [0.15, 0.2) is 12.7 Å². The summed E-state index contributed by atoms with van der Waals surface area (Å²) < 4.78 is 1.67. The number of hydrogen-bond donors (Lipinski definition) is 1. The van der Waals surface area contributed by atoms with E-state index in [4.69, 9.17) is 0 Å². The predicted molar refractivity (Wildman–Crippen MR) is 85.8 cm³/mol. The molecule has 0 bridgehead atoms. The van der Waals surface area contributed by atoms with Crippen LogP contribution >= 0.6 is 11.3 Å². The van der Waals surface area contributed by atoms with Crippen molar-refractivity contribution in [3.05, 3.63) is 23.2 Å². The molecule has 1 unspecified atom stereocenters. The first-order valence-corrected chi connectivity index (χ1v) is 8.66. The lowest BCUT2D eigenvalue weighted by Gasteiger charge is -2.10. The minimum atomic E-state index is -0.173. The summed E-state index contributed by atoms with van der Waals surface area (Å²) in [6, 6.07) is 0. The van der Waals surface area contributed by atoms with Crippen molar-refractivity contribution < 1.29 is 4.79 Å². The van der Waals surface area contributed by atoms with Crippen LogP contribution in [-0.4, -0.2) is 25.7 Å². The molecule has 2 aromatic heterocycles. The maximum atomic E-state index is 12.3. The lowest BCUT2D eigenvalue weighted by molar-refractivity contribution is -0.119. The van der Waals surface area contributed by atoms with Gasteiger partial charge in [-0.05, 0) is 25.7 Å². The van der Waals surface area contributed by atoms with Gasteiger partial charge in [0.1, 0.15) is 12.7 Å². The Morgan fingerprint density at radius 1 is 1.36 bits per heavy atom. The first-order valence-electron chi connectivity index (χ1n) is 7.84. The summed E-state index contributed by atoms with van der Waals surface area (Å²) in [4.78, 5) is 22.1. The highest BCUT2D eigenvalue weighted by molar-refractivity contribution is 7.15. The molecule has 1 N–H and O–H groups in total. The molecule has 0 aromatic carbocycles. The van der Waals surface area contributed by atoms with Gasteiger partial charge in [-0.25, -0.2) is 9.97 Å². The molecular formula is C15H21N5OS. The van der Waals surface area contributed by atoms with E-state index in [-0.39, 0.29) is 11.8 Å². The molecular weight excluding hydrogens is 298 g/mol. The van der Waals surface area contributed by atoms with Crippen molar-refractivity contribution >= 4 is 22.4 Å². The van der Waals surface area contributed by atoms with Crippen LogP contribution in [0.2, 0.25) is 0 Å². The second-order valence-electron chi connectivity index (χ2n) is 5.81. The van der Waals surface area contributed by atoms with Crippen molar-refractivity contribution in [1.29, 1.82) is 0 Å². The average molecular weight is 319 g/mol. The van der Waals surface area contributed by atoms with Crippen LogP contribution in [0.1, 0.15) is 43.2 Å². The van der Waals surface area contributed by atoms with E-state index in [2.05, 4.69) is 20.4 Å². The molecule has 0 spiro atoms. The number of aromatic nitrogens is 4. The summed E-state index contributed by atoms with van der Waals surface area (Å²) in [5.74, 6) is -0.189. The molecule has 0 radical (unpaired) electrons. The van der Waals surface area contributed by atoms with Gasteiger partial charge in [-0.3, -0.25) is 9.48 Å². The molecule has 6 nitrogen and oxygen atoms in total. The maximum Gasteiger partial charge on any atom is 0.230 e. The second-order valence-corrected chi connectivity index (χ2v) is 6.89. The third-order valence-corrected chi connectivity index (χ3v) is 5.02. The number of fused-ring (bicyclic) bond motifs is 1. The SMILES string of the molecule is CC(Cn1cncn1)C(=O)Nc1nc2c(s1)CCCCCC2. The minimum absolute atomic E-state index is 0.0165. The second kappa shape index (κ2) is 7.00. The Labute approximate surface area is 134 Å². The first-order chi connectivity index (χ1) is 10.7. The Balaban J connectivity index is 1.62. The number of nitrogens with zero attached hydrogens (tertiary/aromatic N) is 4. The maximum absolute atomic E-state index is 12.3. The van der Waals surface area contributed by atoms with Crippen LogP contribution in [0.3, 0.4) is 0 Å². The molecule has 2 heterocycles. The quantitative estimate of drug-likeness (QED) is 0.940. The molecule has 1 atom stereocenters. The van der Waals surface area contributed by atoms with E-state index in [1.165, 1.54) is 42.6 Å². The molecule has 118 valence electrons. The van der Waals surface area contributed by atoms with Crippen LogP contribution < -0.4 is 5.32 Å². The summed E-state index contributed by atoms with van der Waals surface area (Å²) >= 11 is 1.63. The topological polar surface area (TPSA) is 72.7 Å². The fraction of sp³-hybridized carbons (Fsp3) is 0.600. The van der Waals surface area contributed by atoms with E-state index < -0.39 is 0 Å². The molecule has 22 heavy (non-hydrogen) atoms. The number of amides is 1. The normalized spacial score (nSPS) is 16.4. The Morgan fingerprint density at radius 2 is 2.18 bits per heavy atom. The fourth-order valence-electron chi connectivity index (χ4n) is 2.68. The third kappa shape index (κ3) is 3.71. The van der Waals surface area contributed by atoms with Gasteiger partial charge in [0.05, 0.1) is 18.2 Å². The van der Waals surface area contributed by atoms with Crippen LogP contribution in [0, 0.1) is 5.92 Å². The number of carbonyl (C=O) groups is 1. The zero-order chi connectivity index (χ0) is 15.4. The summed E-state index contributed by atoms with van der Waals surface area (Å²) in [5.41, 5.74) is 1.18. The van der Waals surface area contributed by atoms with Crippen LogP contribution in [0.4, 0.5) is 5.13 Å². The summed E-state index contributed by atoms with van der Waals surface area (Å²) in [5, 5.41) is 7.73. The van der Waals surface area contributed by atoms with Gasteiger partial charge in [0.2, 0.25) is 5.91 Å². The number of rotatable bonds is 4. The highest BCUT2D eigenvalue weighted by atomic mass is 32.1. The van der Waals surface area contributed by atoms with Crippen LogP contribution in [0.25, 0.3) is 0 Å². The molecule has 1 aliphatic carbocycles. The molecule has 1 amide bonds. The Bertz CT molecular complexity index is 596. The summed E-state index contributed by atoms with van der Waals surface area (Å²) in [7, 11) is 0. The first kappa shape index (κ1) is 15.1. The smallest absolute Gasteiger partial charge is 0.230 e. The standard InChI is InChI=1S/C15H21N5OS/c1-11(8-20-10-16-9-17-20)14(21)19-15-18-12-6-4-2-3-5-7-13(12)22-15/h9-11H,2-8H2,1H3,(H,18,19,21). The van der Waals surface area contributed by atoms with Crippen LogP contribution in [0.5, 0.6) is 0 Å². The third-order valence-electron chi connectivity index (χ3n) is 3.95. The van der Waals surface area contributed by atoms with Gasteiger partial charge in [0.15, 0.2) is 5.13 Å². The highest BCUT2D eigenvalue weighted by Crippen LogP contribution is 2.28. The largest absolute Gasteiger partial charge is 0.302 e. The Morgan fingerprint density at radius 3 is 2.95 bits per heavy atom. The molecule has 7 heteroatoms. The molecule has 0 fully saturated rings. The van der Waals surface area contributed by atoms with Crippen molar-refractivity contribution in [2.75, 3.05) is 5.32 Å². The van der Waals surface area contributed by atoms with Gasteiger partial charge in [-0.1, -0.05) is 19.8 Å². The van der Waals surface area contributed by atoms with E-state index in [1.807, 2.05) is 6.92 Å². The number of aryl methyl sites for hydroxylation is 2. The van der Waals surface area contributed by atoms with Gasteiger partial charge < -0.3 is 5.32 Å². The summed E-state index contributed by atoms with van der Waals surface area (Å²) in [6.45, 7) is 2.41. The zero-order valence-corrected chi connectivity index (χ0v) is 13.6. The molecule has 0 saturated heterocycles. The molecule has 2 aromatic rings. The molecule has 1 aliphatic rings. The lowest BCUT2D eigenvalue weighted by atomic mass is 10.0. The molecule has 0 saturated carbocycles. The Kier molecular flexibility index (Phi) is 4.82. The molecule has 0 aliphatic heterocycles. The number of carbonyl (C=O) groups excluding carboxylic acids is 1. The van der Waals surface area contributed by atoms with Crippen molar-refractivity contribution in [1.82, 2.24) is 19.7 Å². The summed E-state index contributed by atoms with van der Waals surface area (Å²) in [6.07, 6.45) is 10.2. The molecule has 3 rings (SSSR count). The number of nitrogens with one attached hydrogen (secondary N) is 1. The number of hydrogen-bond acceptors (Lipinski definition) is 5. The Hall–Kier alpha value is -1.76. The van der Waals surface area contributed by atoms with Gasteiger partial charge >= 0.3 is 0 Å². The van der Waals surface area contributed by atoms with Gasteiger partial charge in [-0.2, -0.15) is 5.10 Å². The van der Waals surface area contributed by atoms with Crippen LogP contribution in [-0.2, 0) is 24.2 Å². The van der Waals surface area contributed by atoms with E-state index in [1.54, 1.807) is 22.3 Å². The average Bonchev–Trinajstić information content (AvgIpc) is 3.09.